The molecule has 2 saturated heterocycles. The molecular formula is C33H32FN9O. The van der Waals surface area contributed by atoms with Gasteiger partial charge in [0.05, 0.1) is 41.0 Å². The summed E-state index contributed by atoms with van der Waals surface area (Å²) in [6.07, 6.45) is 9.54. The number of nitrogens with two attached hydrogens (primary N) is 1. The van der Waals surface area contributed by atoms with Crippen LogP contribution in [0.15, 0.2) is 67.3 Å². The average molecular weight is 590 g/mol. The molecular weight excluding hydrogens is 557 g/mol. The molecule has 0 amide bonds. The van der Waals surface area contributed by atoms with Crippen LogP contribution in [0.5, 0.6) is 5.75 Å². The van der Waals surface area contributed by atoms with E-state index in [4.69, 9.17) is 15.5 Å². The van der Waals surface area contributed by atoms with E-state index in [0.29, 0.717) is 17.9 Å². The number of aromatic nitrogens is 6. The average Bonchev–Trinajstić information content (AvgIpc) is 3.78. The van der Waals surface area contributed by atoms with Crippen LogP contribution in [0.1, 0.15) is 12.8 Å². The van der Waals surface area contributed by atoms with E-state index in [1.807, 2.05) is 24.3 Å². The first-order chi connectivity index (χ1) is 21.6. The molecule has 8 rings (SSSR count). The predicted octanol–water partition coefficient (Wildman–Crippen LogP) is 4.99. The number of halogens is 1. The summed E-state index contributed by atoms with van der Waals surface area (Å²) in [6.45, 7) is 5.13. The second kappa shape index (κ2) is 11.0. The smallest absolute Gasteiger partial charge is 0.147 e. The molecule has 10 nitrogen and oxygen atoms in total. The fourth-order valence-electron chi connectivity index (χ4n) is 6.23. The van der Waals surface area contributed by atoms with Gasteiger partial charge < -0.3 is 20.4 Å². The summed E-state index contributed by atoms with van der Waals surface area (Å²) in [4.78, 5) is 21.7. The summed E-state index contributed by atoms with van der Waals surface area (Å²) >= 11 is 0. The molecule has 44 heavy (non-hydrogen) atoms. The minimum absolute atomic E-state index is 0.179. The Morgan fingerprint density at radius 2 is 1.77 bits per heavy atom. The molecule has 0 atom stereocenters. The van der Waals surface area contributed by atoms with Crippen LogP contribution in [-0.4, -0.2) is 80.4 Å². The third-order valence-electron chi connectivity index (χ3n) is 8.57. The van der Waals surface area contributed by atoms with E-state index in [1.165, 1.54) is 25.0 Å². The highest BCUT2D eigenvalue weighted by atomic mass is 19.1. The molecule has 0 aliphatic carbocycles. The SMILES string of the molecule is NC1CN(c2cncc(-c3ccc4[nH]nc(-c5cc6c(-c7cc(F)cc(OCCN8CCCC8)c7)cncc6[nH]5)c4c3)n2)C1. The molecule has 6 aromatic rings. The van der Waals surface area contributed by atoms with Gasteiger partial charge in [0.1, 0.15) is 29.7 Å². The molecule has 6 heterocycles. The van der Waals surface area contributed by atoms with Gasteiger partial charge in [0, 0.05) is 59.8 Å². The number of nitrogens with one attached hydrogen (secondary N) is 2. The van der Waals surface area contributed by atoms with Crippen molar-refractivity contribution < 1.29 is 9.13 Å². The minimum Gasteiger partial charge on any atom is -0.492 e. The van der Waals surface area contributed by atoms with Crippen LogP contribution in [0.3, 0.4) is 0 Å². The lowest BCUT2D eigenvalue weighted by Gasteiger charge is -2.37. The molecule has 2 fully saturated rings. The van der Waals surface area contributed by atoms with E-state index in [0.717, 1.165) is 88.6 Å². The van der Waals surface area contributed by atoms with Gasteiger partial charge in [0.2, 0.25) is 0 Å². The Bertz CT molecular complexity index is 1970. The van der Waals surface area contributed by atoms with Gasteiger partial charge in [-0.3, -0.25) is 20.0 Å². The topological polar surface area (TPSA) is 125 Å². The zero-order valence-corrected chi connectivity index (χ0v) is 24.1. The quantitative estimate of drug-likeness (QED) is 0.227. The Balaban J connectivity index is 1.11. The number of H-pyrrole nitrogens is 2. The summed E-state index contributed by atoms with van der Waals surface area (Å²) in [5.74, 6) is 0.994. The highest BCUT2D eigenvalue weighted by Gasteiger charge is 2.25. The van der Waals surface area contributed by atoms with Crippen molar-refractivity contribution in [2.75, 3.05) is 44.2 Å². The maximum atomic E-state index is 14.8. The van der Waals surface area contributed by atoms with Gasteiger partial charge in [-0.2, -0.15) is 5.10 Å². The maximum absolute atomic E-state index is 14.8. The van der Waals surface area contributed by atoms with Gasteiger partial charge in [-0.15, -0.1) is 0 Å². The standard InChI is InChI=1S/C33H32FN9O/c34-22-9-21(10-24(12-22)44-8-7-42-5-1-2-6-42)27-14-36-16-31-25(27)13-29(38-31)33-26-11-20(3-4-28(26)40-41-33)30-15-37-17-32(39-30)43-18-23(35)19-43/h3-4,9-17,23,38H,1-2,5-8,18-19,35H2,(H,40,41). The lowest BCUT2D eigenvalue weighted by atomic mass is 10.0. The molecule has 4 N–H and O–H groups in total. The number of hydrogen-bond acceptors (Lipinski definition) is 8. The summed E-state index contributed by atoms with van der Waals surface area (Å²) in [7, 11) is 0. The summed E-state index contributed by atoms with van der Waals surface area (Å²) in [6, 6.07) is 13.2. The Kier molecular flexibility index (Phi) is 6.68. The number of ether oxygens (including phenoxy) is 1. The van der Waals surface area contributed by atoms with E-state index >= 15 is 0 Å². The van der Waals surface area contributed by atoms with Crippen LogP contribution in [0, 0.1) is 5.82 Å². The van der Waals surface area contributed by atoms with Gasteiger partial charge in [0.15, 0.2) is 0 Å². The molecule has 0 bridgehead atoms. The van der Waals surface area contributed by atoms with Crippen molar-refractivity contribution in [1.82, 2.24) is 35.0 Å². The Morgan fingerprint density at radius 3 is 2.64 bits per heavy atom. The molecule has 2 aromatic carbocycles. The number of benzene rings is 2. The third-order valence-corrected chi connectivity index (χ3v) is 8.57. The number of nitrogens with zero attached hydrogens (tertiary/aromatic N) is 6. The number of anilines is 1. The van der Waals surface area contributed by atoms with Crippen molar-refractivity contribution in [2.24, 2.45) is 5.73 Å². The van der Waals surface area contributed by atoms with Crippen LogP contribution in [-0.2, 0) is 0 Å². The van der Waals surface area contributed by atoms with Gasteiger partial charge in [-0.1, -0.05) is 6.07 Å². The molecule has 0 unspecified atom stereocenters. The fraction of sp³-hybridized carbons (Fsp3) is 0.273. The molecule has 222 valence electrons. The lowest BCUT2D eigenvalue weighted by molar-refractivity contribution is 0.237. The van der Waals surface area contributed by atoms with Gasteiger partial charge in [-0.25, -0.2) is 9.37 Å². The zero-order chi connectivity index (χ0) is 29.6. The number of pyridine rings is 1. The summed E-state index contributed by atoms with van der Waals surface area (Å²) in [5.41, 5.74) is 12.5. The number of hydrogen-bond donors (Lipinski definition) is 3. The molecule has 2 aliphatic rings. The Morgan fingerprint density at radius 1 is 0.909 bits per heavy atom. The second-order valence-corrected chi connectivity index (χ2v) is 11.7. The molecule has 0 saturated carbocycles. The van der Waals surface area contributed by atoms with E-state index in [2.05, 4.69) is 41.0 Å². The fourth-order valence-corrected chi connectivity index (χ4v) is 6.23. The first-order valence-corrected chi connectivity index (χ1v) is 15.0. The maximum Gasteiger partial charge on any atom is 0.147 e. The van der Waals surface area contributed by atoms with Crippen LogP contribution in [0.25, 0.3) is 55.6 Å². The van der Waals surface area contributed by atoms with Crippen LogP contribution in [0.4, 0.5) is 10.2 Å². The van der Waals surface area contributed by atoms with Crippen molar-refractivity contribution >= 4 is 27.6 Å². The van der Waals surface area contributed by atoms with E-state index in [1.54, 1.807) is 24.8 Å². The third kappa shape index (κ3) is 5.03. The first kappa shape index (κ1) is 26.7. The van der Waals surface area contributed by atoms with Crippen molar-refractivity contribution in [2.45, 2.75) is 18.9 Å². The first-order valence-electron chi connectivity index (χ1n) is 15.0. The Labute approximate surface area is 253 Å². The van der Waals surface area contributed by atoms with Crippen LogP contribution >= 0.6 is 0 Å². The normalized spacial score (nSPS) is 15.8. The van der Waals surface area contributed by atoms with Gasteiger partial charge in [0.25, 0.3) is 0 Å². The number of aromatic amines is 2. The number of rotatable bonds is 8. The second-order valence-electron chi connectivity index (χ2n) is 11.7. The molecule has 4 aromatic heterocycles. The van der Waals surface area contributed by atoms with Crippen LogP contribution < -0.4 is 15.4 Å². The van der Waals surface area contributed by atoms with Gasteiger partial charge in [-0.05, 0) is 61.8 Å². The predicted molar refractivity (Wildman–Crippen MR) is 169 cm³/mol. The molecule has 0 spiro atoms. The largest absolute Gasteiger partial charge is 0.492 e. The van der Waals surface area contributed by atoms with Crippen molar-refractivity contribution in [3.05, 3.63) is 73.1 Å². The van der Waals surface area contributed by atoms with Crippen LogP contribution in [0.2, 0.25) is 0 Å². The van der Waals surface area contributed by atoms with E-state index < -0.39 is 0 Å². The number of fused-ring (bicyclic) bond motifs is 2. The Hall–Kier alpha value is -4.87. The van der Waals surface area contributed by atoms with Crippen molar-refractivity contribution in [1.29, 1.82) is 0 Å². The number of likely N-dealkylation sites (tertiary alicyclic amines) is 1. The van der Waals surface area contributed by atoms with Crippen molar-refractivity contribution in [3.8, 4) is 39.5 Å². The molecule has 11 heteroatoms. The minimum atomic E-state index is -0.346. The van der Waals surface area contributed by atoms with Gasteiger partial charge >= 0.3 is 0 Å². The lowest BCUT2D eigenvalue weighted by Crippen LogP contribution is -2.56. The molecule has 0 radical (unpaired) electrons. The zero-order valence-electron chi connectivity index (χ0n) is 24.1. The van der Waals surface area contributed by atoms with Crippen molar-refractivity contribution in [3.63, 3.8) is 0 Å². The van der Waals surface area contributed by atoms with E-state index in [-0.39, 0.29) is 11.9 Å². The highest BCUT2D eigenvalue weighted by molar-refractivity contribution is 6.01. The van der Waals surface area contributed by atoms with E-state index in [9.17, 15) is 4.39 Å². The highest BCUT2D eigenvalue weighted by Crippen LogP contribution is 2.36. The summed E-state index contributed by atoms with van der Waals surface area (Å²) in [5, 5.41) is 9.66. The summed E-state index contributed by atoms with van der Waals surface area (Å²) < 4.78 is 20.8. The monoisotopic (exact) mass is 589 g/mol. The molecule has 2 aliphatic heterocycles.